The second-order valence-corrected chi connectivity index (χ2v) is 4.27. The SMILES string of the molecule is O=C(O)c1nc(-c2ccccn2)nc2c1CNCC2. The third kappa shape index (κ3) is 2.17. The Balaban J connectivity index is 2.17. The Morgan fingerprint density at radius 2 is 2.21 bits per heavy atom. The average Bonchev–Trinajstić information content (AvgIpc) is 2.47. The molecule has 0 amide bonds. The monoisotopic (exact) mass is 256 g/mol. The highest BCUT2D eigenvalue weighted by Gasteiger charge is 2.22. The number of hydrogen-bond donors (Lipinski definition) is 2. The molecule has 0 aromatic carbocycles. The molecule has 0 fully saturated rings. The summed E-state index contributed by atoms with van der Waals surface area (Å²) >= 11 is 0. The molecular weight excluding hydrogens is 244 g/mol. The molecule has 0 radical (unpaired) electrons. The summed E-state index contributed by atoms with van der Waals surface area (Å²) in [4.78, 5) is 24.1. The van der Waals surface area contributed by atoms with Crippen LogP contribution < -0.4 is 5.32 Å². The van der Waals surface area contributed by atoms with Crippen LogP contribution >= 0.6 is 0 Å². The van der Waals surface area contributed by atoms with Crippen molar-refractivity contribution in [1.82, 2.24) is 20.3 Å². The molecule has 6 nitrogen and oxygen atoms in total. The van der Waals surface area contributed by atoms with Crippen molar-refractivity contribution < 1.29 is 9.90 Å². The molecule has 1 aliphatic heterocycles. The van der Waals surface area contributed by atoms with Crippen LogP contribution in [-0.2, 0) is 13.0 Å². The number of rotatable bonds is 2. The van der Waals surface area contributed by atoms with E-state index < -0.39 is 5.97 Å². The topological polar surface area (TPSA) is 88.0 Å². The molecule has 2 aromatic rings. The lowest BCUT2D eigenvalue weighted by Gasteiger charge is -2.18. The van der Waals surface area contributed by atoms with Gasteiger partial charge in [0.1, 0.15) is 5.69 Å². The van der Waals surface area contributed by atoms with Crippen molar-refractivity contribution in [3.05, 3.63) is 41.3 Å². The molecule has 1 aliphatic rings. The zero-order valence-corrected chi connectivity index (χ0v) is 10.1. The van der Waals surface area contributed by atoms with Crippen molar-refractivity contribution in [3.63, 3.8) is 0 Å². The maximum Gasteiger partial charge on any atom is 0.354 e. The second-order valence-electron chi connectivity index (χ2n) is 4.27. The molecule has 0 atom stereocenters. The first kappa shape index (κ1) is 11.7. The predicted octanol–water partition coefficient (Wildman–Crippen LogP) is 0.882. The summed E-state index contributed by atoms with van der Waals surface area (Å²) in [5.74, 6) is -0.654. The molecule has 2 aromatic heterocycles. The van der Waals surface area contributed by atoms with Crippen molar-refractivity contribution in [2.24, 2.45) is 0 Å². The van der Waals surface area contributed by atoms with Crippen LogP contribution in [0.1, 0.15) is 21.7 Å². The van der Waals surface area contributed by atoms with Gasteiger partial charge in [0, 0.05) is 31.3 Å². The largest absolute Gasteiger partial charge is 0.476 e. The van der Waals surface area contributed by atoms with Crippen molar-refractivity contribution >= 4 is 5.97 Å². The highest BCUT2D eigenvalue weighted by Crippen LogP contribution is 2.20. The summed E-state index contributed by atoms with van der Waals surface area (Å²) in [5, 5.41) is 12.4. The first-order valence-corrected chi connectivity index (χ1v) is 6.01. The second kappa shape index (κ2) is 4.74. The van der Waals surface area contributed by atoms with Crippen LogP contribution in [0, 0.1) is 0 Å². The summed E-state index contributed by atoms with van der Waals surface area (Å²) in [7, 11) is 0. The van der Waals surface area contributed by atoms with E-state index in [9.17, 15) is 9.90 Å². The van der Waals surface area contributed by atoms with Gasteiger partial charge in [-0.25, -0.2) is 14.8 Å². The van der Waals surface area contributed by atoms with Gasteiger partial charge in [-0.2, -0.15) is 0 Å². The van der Waals surface area contributed by atoms with Gasteiger partial charge < -0.3 is 10.4 Å². The summed E-state index contributed by atoms with van der Waals surface area (Å²) in [6.45, 7) is 1.30. The third-order valence-electron chi connectivity index (χ3n) is 3.03. The minimum absolute atomic E-state index is 0.0675. The van der Waals surface area contributed by atoms with Crippen LogP contribution in [-0.4, -0.2) is 32.6 Å². The van der Waals surface area contributed by atoms with Gasteiger partial charge in [0.25, 0.3) is 0 Å². The number of aromatic nitrogens is 3. The van der Waals surface area contributed by atoms with E-state index in [0.29, 0.717) is 30.0 Å². The van der Waals surface area contributed by atoms with E-state index in [2.05, 4.69) is 20.3 Å². The fourth-order valence-corrected chi connectivity index (χ4v) is 2.13. The molecule has 6 heteroatoms. The number of carboxylic acid groups (broad SMARTS) is 1. The van der Waals surface area contributed by atoms with E-state index in [1.54, 1.807) is 18.3 Å². The lowest BCUT2D eigenvalue weighted by atomic mass is 10.0. The molecule has 19 heavy (non-hydrogen) atoms. The van der Waals surface area contributed by atoms with Crippen molar-refractivity contribution in [3.8, 4) is 11.5 Å². The summed E-state index contributed by atoms with van der Waals surface area (Å²) < 4.78 is 0. The van der Waals surface area contributed by atoms with Gasteiger partial charge in [0.15, 0.2) is 11.5 Å². The summed E-state index contributed by atoms with van der Waals surface area (Å²) in [6, 6.07) is 5.39. The Hall–Kier alpha value is -2.34. The summed E-state index contributed by atoms with van der Waals surface area (Å²) in [6.07, 6.45) is 2.35. The minimum Gasteiger partial charge on any atom is -0.476 e. The van der Waals surface area contributed by atoms with Gasteiger partial charge in [0.2, 0.25) is 0 Å². The number of carbonyl (C=O) groups is 1. The van der Waals surface area contributed by atoms with E-state index >= 15 is 0 Å². The van der Waals surface area contributed by atoms with Gasteiger partial charge in [-0.05, 0) is 12.1 Å². The van der Waals surface area contributed by atoms with Crippen LogP contribution in [0.15, 0.2) is 24.4 Å². The van der Waals surface area contributed by atoms with E-state index in [4.69, 9.17) is 0 Å². The molecule has 96 valence electrons. The van der Waals surface area contributed by atoms with Gasteiger partial charge in [0.05, 0.1) is 5.69 Å². The molecule has 3 rings (SSSR count). The van der Waals surface area contributed by atoms with Crippen LogP contribution in [0.3, 0.4) is 0 Å². The molecule has 2 N–H and O–H groups in total. The molecule has 0 bridgehead atoms. The average molecular weight is 256 g/mol. The first-order valence-electron chi connectivity index (χ1n) is 6.01. The zero-order valence-electron chi connectivity index (χ0n) is 10.1. The zero-order chi connectivity index (χ0) is 13.2. The minimum atomic E-state index is -1.03. The lowest BCUT2D eigenvalue weighted by Crippen LogP contribution is -2.28. The first-order chi connectivity index (χ1) is 9.25. The van der Waals surface area contributed by atoms with Crippen molar-refractivity contribution in [1.29, 1.82) is 0 Å². The fraction of sp³-hybridized carbons (Fsp3) is 0.231. The van der Waals surface area contributed by atoms with Crippen molar-refractivity contribution in [2.45, 2.75) is 13.0 Å². The number of aromatic carboxylic acids is 1. The molecule has 3 heterocycles. The Labute approximate surface area is 109 Å². The third-order valence-corrected chi connectivity index (χ3v) is 3.03. The number of nitrogens with zero attached hydrogens (tertiary/aromatic N) is 3. The Morgan fingerprint density at radius 1 is 1.32 bits per heavy atom. The number of nitrogens with one attached hydrogen (secondary N) is 1. The van der Waals surface area contributed by atoms with Crippen LogP contribution in [0.5, 0.6) is 0 Å². The standard InChI is InChI=1S/C13H12N4O2/c18-13(19)11-8-7-14-6-4-9(8)16-12(17-11)10-3-1-2-5-15-10/h1-3,5,14H,4,6-7H2,(H,18,19). The van der Waals surface area contributed by atoms with Gasteiger partial charge in [-0.3, -0.25) is 4.98 Å². The smallest absolute Gasteiger partial charge is 0.354 e. The van der Waals surface area contributed by atoms with Gasteiger partial charge in [-0.1, -0.05) is 6.07 Å². The van der Waals surface area contributed by atoms with E-state index in [1.807, 2.05) is 6.07 Å². The summed E-state index contributed by atoms with van der Waals surface area (Å²) in [5.41, 5.74) is 2.13. The molecule has 0 aliphatic carbocycles. The maximum absolute atomic E-state index is 11.3. The highest BCUT2D eigenvalue weighted by atomic mass is 16.4. The number of pyridine rings is 1. The van der Waals surface area contributed by atoms with E-state index in [0.717, 1.165) is 12.2 Å². The van der Waals surface area contributed by atoms with Crippen LogP contribution in [0.25, 0.3) is 11.5 Å². The number of carboxylic acids is 1. The Bertz CT molecular complexity index is 628. The van der Waals surface area contributed by atoms with E-state index in [1.165, 1.54) is 0 Å². The molecule has 0 spiro atoms. The van der Waals surface area contributed by atoms with Crippen LogP contribution in [0.2, 0.25) is 0 Å². The normalized spacial score (nSPS) is 13.9. The highest BCUT2D eigenvalue weighted by molar-refractivity contribution is 5.88. The predicted molar refractivity (Wildman–Crippen MR) is 67.6 cm³/mol. The molecule has 0 saturated carbocycles. The van der Waals surface area contributed by atoms with Gasteiger partial charge in [-0.15, -0.1) is 0 Å². The van der Waals surface area contributed by atoms with Crippen molar-refractivity contribution in [2.75, 3.05) is 6.54 Å². The number of fused-ring (bicyclic) bond motifs is 1. The molecule has 0 unspecified atom stereocenters. The Kier molecular flexibility index (Phi) is 2.92. The lowest BCUT2D eigenvalue weighted by molar-refractivity contribution is 0.0688. The number of hydrogen-bond acceptors (Lipinski definition) is 5. The quantitative estimate of drug-likeness (QED) is 0.829. The van der Waals surface area contributed by atoms with Gasteiger partial charge >= 0.3 is 5.97 Å². The van der Waals surface area contributed by atoms with Crippen LogP contribution in [0.4, 0.5) is 0 Å². The fourth-order valence-electron chi connectivity index (χ4n) is 2.13. The maximum atomic E-state index is 11.3. The van der Waals surface area contributed by atoms with E-state index in [-0.39, 0.29) is 5.69 Å². The molecule has 0 saturated heterocycles. The Morgan fingerprint density at radius 3 is 2.95 bits per heavy atom. The molecular formula is C13H12N4O2.